The Kier molecular flexibility index (Phi) is 3.00. The van der Waals surface area contributed by atoms with Gasteiger partial charge in [-0.15, -0.1) is 0 Å². The van der Waals surface area contributed by atoms with Crippen LogP contribution in [-0.4, -0.2) is 60.6 Å². The largest absolute Gasteiger partial charge is 0.497 e. The molecule has 4 rings (SSSR count). The molecular formula is C18H23N3O2. The summed E-state index contributed by atoms with van der Waals surface area (Å²) in [5, 5.41) is 0.987. The molecule has 2 fully saturated rings. The Bertz CT molecular complexity index is 794. The molecule has 0 saturated carbocycles. The van der Waals surface area contributed by atoms with Crippen LogP contribution in [0.2, 0.25) is 0 Å². The number of carbonyl (C=O) groups excluding carboxylic acids is 1. The van der Waals surface area contributed by atoms with Crippen LogP contribution in [-0.2, 0) is 7.05 Å². The van der Waals surface area contributed by atoms with E-state index < -0.39 is 0 Å². The lowest BCUT2D eigenvalue weighted by Gasteiger charge is -2.59. The van der Waals surface area contributed by atoms with Crippen molar-refractivity contribution in [2.24, 2.45) is 12.5 Å². The molecule has 2 aliphatic rings. The Balaban J connectivity index is 1.68. The van der Waals surface area contributed by atoms with Gasteiger partial charge in [0.2, 0.25) is 0 Å². The topological polar surface area (TPSA) is 37.7 Å². The summed E-state index contributed by atoms with van der Waals surface area (Å²) in [5.74, 6) is 0.944. The van der Waals surface area contributed by atoms with Gasteiger partial charge in [0.25, 0.3) is 5.91 Å². The van der Waals surface area contributed by atoms with Crippen LogP contribution in [0.15, 0.2) is 18.2 Å². The lowest BCUT2D eigenvalue weighted by atomic mass is 9.73. The normalized spacial score (nSPS) is 19.7. The number of aryl methyl sites for hydroxylation is 1. The maximum atomic E-state index is 13.0. The number of amides is 1. The zero-order valence-corrected chi connectivity index (χ0v) is 14.2. The first kappa shape index (κ1) is 14.6. The highest BCUT2D eigenvalue weighted by atomic mass is 16.5. The summed E-state index contributed by atoms with van der Waals surface area (Å²) in [6.45, 7) is 6.01. The van der Waals surface area contributed by atoms with Crippen LogP contribution in [0.3, 0.4) is 0 Å². The first-order valence-electron chi connectivity index (χ1n) is 8.05. The number of ether oxygens (including phenoxy) is 1. The molecule has 5 heteroatoms. The third-order valence-electron chi connectivity index (χ3n) is 5.46. The van der Waals surface area contributed by atoms with Gasteiger partial charge in [-0.05, 0) is 32.2 Å². The Hall–Kier alpha value is -2.01. The van der Waals surface area contributed by atoms with E-state index in [1.54, 1.807) is 7.11 Å². The molecule has 3 heterocycles. The molecule has 0 atom stereocenters. The zero-order chi connectivity index (χ0) is 16.4. The Morgan fingerprint density at radius 1 is 1.17 bits per heavy atom. The summed E-state index contributed by atoms with van der Waals surface area (Å²) in [6, 6.07) is 5.94. The minimum atomic E-state index is 0.154. The minimum Gasteiger partial charge on any atom is -0.497 e. The van der Waals surface area contributed by atoms with E-state index in [9.17, 15) is 4.79 Å². The van der Waals surface area contributed by atoms with Gasteiger partial charge in [0.15, 0.2) is 0 Å². The molecule has 1 aromatic carbocycles. The SMILES string of the molecule is COc1ccc2c(c1)c(C(=O)N1CC3(CN(C)C3)C1)c(C)n2C. The second kappa shape index (κ2) is 4.74. The standard InChI is InChI=1S/C18H23N3O2/c1-12-16(14-7-13(23-4)5-6-15(14)20(12)3)17(22)21-10-18(11-21)8-19(2)9-18/h5-7H,8-11H2,1-4H3. The number of fused-ring (bicyclic) bond motifs is 1. The first-order valence-corrected chi connectivity index (χ1v) is 8.05. The van der Waals surface area contributed by atoms with E-state index in [0.717, 1.165) is 54.1 Å². The van der Waals surface area contributed by atoms with Crippen LogP contribution >= 0.6 is 0 Å². The number of nitrogens with zero attached hydrogens (tertiary/aromatic N) is 3. The third-order valence-corrected chi connectivity index (χ3v) is 5.46. The summed E-state index contributed by atoms with van der Waals surface area (Å²) in [7, 11) is 5.81. The van der Waals surface area contributed by atoms with E-state index in [-0.39, 0.29) is 5.91 Å². The molecule has 2 aliphatic heterocycles. The van der Waals surface area contributed by atoms with Gasteiger partial charge >= 0.3 is 0 Å². The predicted molar refractivity (Wildman–Crippen MR) is 90.0 cm³/mol. The van der Waals surface area contributed by atoms with E-state index in [1.807, 2.05) is 37.1 Å². The number of likely N-dealkylation sites (tertiary alicyclic amines) is 2. The van der Waals surface area contributed by atoms with Gasteiger partial charge in [0, 0.05) is 55.2 Å². The zero-order valence-electron chi connectivity index (χ0n) is 14.2. The number of benzene rings is 1. The molecule has 2 aromatic rings. The van der Waals surface area contributed by atoms with Crippen molar-refractivity contribution in [2.45, 2.75) is 6.92 Å². The molecule has 5 nitrogen and oxygen atoms in total. The maximum absolute atomic E-state index is 13.0. The van der Waals surface area contributed by atoms with Gasteiger partial charge in [-0.25, -0.2) is 0 Å². The van der Waals surface area contributed by atoms with Crippen molar-refractivity contribution in [3.05, 3.63) is 29.5 Å². The fourth-order valence-electron chi connectivity index (χ4n) is 4.31. The van der Waals surface area contributed by atoms with Crippen molar-refractivity contribution in [3.63, 3.8) is 0 Å². The molecule has 0 unspecified atom stereocenters. The van der Waals surface area contributed by atoms with Crippen molar-refractivity contribution < 1.29 is 9.53 Å². The summed E-state index contributed by atoms with van der Waals surface area (Å²) in [6.07, 6.45) is 0. The smallest absolute Gasteiger partial charge is 0.256 e. The molecular weight excluding hydrogens is 290 g/mol. The van der Waals surface area contributed by atoms with Crippen molar-refractivity contribution >= 4 is 16.8 Å². The predicted octanol–water partition coefficient (Wildman–Crippen LogP) is 1.88. The summed E-state index contributed by atoms with van der Waals surface area (Å²) in [4.78, 5) is 17.4. The van der Waals surface area contributed by atoms with Crippen LogP contribution in [0.1, 0.15) is 16.1 Å². The molecule has 0 bridgehead atoms. The molecule has 1 spiro atoms. The van der Waals surface area contributed by atoms with Crippen LogP contribution < -0.4 is 4.74 Å². The quantitative estimate of drug-likeness (QED) is 0.850. The second-order valence-electron chi connectivity index (χ2n) is 7.24. The summed E-state index contributed by atoms with van der Waals surface area (Å²) < 4.78 is 7.43. The van der Waals surface area contributed by atoms with Crippen LogP contribution in [0.4, 0.5) is 0 Å². The number of carbonyl (C=O) groups is 1. The Labute approximate surface area is 136 Å². The molecule has 23 heavy (non-hydrogen) atoms. The van der Waals surface area contributed by atoms with Gasteiger partial charge in [-0.3, -0.25) is 4.79 Å². The molecule has 0 radical (unpaired) electrons. The van der Waals surface area contributed by atoms with Crippen LogP contribution in [0.5, 0.6) is 5.75 Å². The van der Waals surface area contributed by atoms with Crippen molar-refractivity contribution in [1.29, 1.82) is 0 Å². The molecule has 1 aromatic heterocycles. The number of aromatic nitrogens is 1. The van der Waals surface area contributed by atoms with Crippen molar-refractivity contribution in [3.8, 4) is 5.75 Å². The molecule has 1 amide bonds. The third kappa shape index (κ3) is 1.99. The van der Waals surface area contributed by atoms with E-state index in [0.29, 0.717) is 5.41 Å². The monoisotopic (exact) mass is 313 g/mol. The number of methoxy groups -OCH3 is 1. The van der Waals surface area contributed by atoms with Crippen LogP contribution in [0.25, 0.3) is 10.9 Å². The maximum Gasteiger partial charge on any atom is 0.256 e. The van der Waals surface area contributed by atoms with E-state index >= 15 is 0 Å². The number of rotatable bonds is 2. The van der Waals surface area contributed by atoms with Gasteiger partial charge < -0.3 is 19.1 Å². The highest BCUT2D eigenvalue weighted by Gasteiger charge is 2.52. The summed E-state index contributed by atoms with van der Waals surface area (Å²) in [5.41, 5.74) is 3.28. The minimum absolute atomic E-state index is 0.154. The van der Waals surface area contributed by atoms with E-state index in [4.69, 9.17) is 4.74 Å². The Morgan fingerprint density at radius 2 is 1.87 bits per heavy atom. The van der Waals surface area contributed by atoms with Crippen LogP contribution in [0, 0.1) is 12.3 Å². The highest BCUT2D eigenvalue weighted by Crippen LogP contribution is 2.40. The summed E-state index contributed by atoms with van der Waals surface area (Å²) >= 11 is 0. The van der Waals surface area contributed by atoms with E-state index in [2.05, 4.69) is 16.5 Å². The van der Waals surface area contributed by atoms with Gasteiger partial charge in [-0.2, -0.15) is 0 Å². The number of hydrogen-bond donors (Lipinski definition) is 0. The highest BCUT2D eigenvalue weighted by molar-refractivity contribution is 6.09. The van der Waals surface area contributed by atoms with Gasteiger partial charge in [0.1, 0.15) is 5.75 Å². The van der Waals surface area contributed by atoms with Gasteiger partial charge in [-0.1, -0.05) is 0 Å². The lowest BCUT2D eigenvalue weighted by Crippen LogP contribution is -2.72. The lowest BCUT2D eigenvalue weighted by molar-refractivity contribution is -0.0871. The Morgan fingerprint density at radius 3 is 2.48 bits per heavy atom. The first-order chi connectivity index (χ1) is 10.9. The van der Waals surface area contributed by atoms with E-state index in [1.165, 1.54) is 0 Å². The average molecular weight is 313 g/mol. The van der Waals surface area contributed by atoms with Crippen molar-refractivity contribution in [2.75, 3.05) is 40.3 Å². The van der Waals surface area contributed by atoms with Crippen molar-refractivity contribution in [1.82, 2.24) is 14.4 Å². The molecule has 0 N–H and O–H groups in total. The average Bonchev–Trinajstić information content (AvgIpc) is 2.72. The second-order valence-corrected chi connectivity index (χ2v) is 7.24. The molecule has 122 valence electrons. The molecule has 0 aliphatic carbocycles. The number of hydrogen-bond acceptors (Lipinski definition) is 3. The molecule has 2 saturated heterocycles. The fourth-order valence-corrected chi connectivity index (χ4v) is 4.31. The van der Waals surface area contributed by atoms with Gasteiger partial charge in [0.05, 0.1) is 12.7 Å². The fraction of sp³-hybridized carbons (Fsp3) is 0.500.